The van der Waals surface area contributed by atoms with Crippen molar-refractivity contribution < 1.29 is 18.3 Å². The van der Waals surface area contributed by atoms with E-state index in [2.05, 4.69) is 0 Å². The van der Waals surface area contributed by atoms with Crippen molar-refractivity contribution in [2.45, 2.75) is 32.1 Å². The van der Waals surface area contributed by atoms with Crippen LogP contribution in [0.4, 0.5) is 0 Å². The number of carboxylic acids is 1. The Morgan fingerprint density at radius 3 is 2.42 bits per heavy atom. The summed E-state index contributed by atoms with van der Waals surface area (Å²) in [6.07, 6.45) is 0.713. The first-order valence-electron chi connectivity index (χ1n) is 6.18. The van der Waals surface area contributed by atoms with E-state index < -0.39 is 16.0 Å². The van der Waals surface area contributed by atoms with Gasteiger partial charge in [0.15, 0.2) is 0 Å². The lowest BCUT2D eigenvalue weighted by molar-refractivity contribution is 0.0696. The van der Waals surface area contributed by atoms with Crippen molar-refractivity contribution in [2.24, 2.45) is 0 Å². The molecule has 106 valence electrons. The van der Waals surface area contributed by atoms with Crippen LogP contribution in [0.3, 0.4) is 0 Å². The lowest BCUT2D eigenvalue weighted by atomic mass is 10.1. The first kappa shape index (κ1) is 15.7. The molecule has 5 nitrogen and oxygen atoms in total. The largest absolute Gasteiger partial charge is 0.478 e. The molecule has 0 heterocycles. The van der Waals surface area contributed by atoms with Gasteiger partial charge in [0.1, 0.15) is 0 Å². The maximum absolute atomic E-state index is 12.4. The topological polar surface area (TPSA) is 74.7 Å². The number of nitrogens with zero attached hydrogens (tertiary/aromatic N) is 1. The highest BCUT2D eigenvalue weighted by Crippen LogP contribution is 2.19. The van der Waals surface area contributed by atoms with Gasteiger partial charge in [0, 0.05) is 13.1 Å². The van der Waals surface area contributed by atoms with Crippen LogP contribution >= 0.6 is 0 Å². The van der Waals surface area contributed by atoms with Crippen molar-refractivity contribution in [3.8, 4) is 0 Å². The molecule has 1 N–H and O–H groups in total. The Morgan fingerprint density at radius 1 is 1.32 bits per heavy atom. The molecule has 6 heteroatoms. The lowest BCUT2D eigenvalue weighted by Gasteiger charge is -2.20. The van der Waals surface area contributed by atoms with E-state index in [9.17, 15) is 13.2 Å². The van der Waals surface area contributed by atoms with Crippen molar-refractivity contribution in [3.05, 3.63) is 29.3 Å². The SMILES string of the molecule is CCCN(CC)S(=O)(=O)c1ccc(C)c(C(=O)O)c1. The van der Waals surface area contributed by atoms with Crippen LogP contribution < -0.4 is 0 Å². The molecule has 0 spiro atoms. The molecule has 1 aromatic rings. The van der Waals surface area contributed by atoms with Crippen LogP contribution in [0.5, 0.6) is 0 Å². The highest BCUT2D eigenvalue weighted by atomic mass is 32.2. The van der Waals surface area contributed by atoms with E-state index in [4.69, 9.17) is 5.11 Å². The van der Waals surface area contributed by atoms with Crippen molar-refractivity contribution in [1.29, 1.82) is 0 Å². The minimum Gasteiger partial charge on any atom is -0.478 e. The van der Waals surface area contributed by atoms with E-state index in [0.29, 0.717) is 25.1 Å². The van der Waals surface area contributed by atoms with Crippen molar-refractivity contribution in [2.75, 3.05) is 13.1 Å². The number of aromatic carboxylic acids is 1. The Labute approximate surface area is 113 Å². The Morgan fingerprint density at radius 2 is 1.95 bits per heavy atom. The number of aryl methyl sites for hydroxylation is 1. The predicted molar refractivity (Wildman–Crippen MR) is 72.9 cm³/mol. The molecule has 0 aliphatic carbocycles. The maximum Gasteiger partial charge on any atom is 0.335 e. The van der Waals surface area contributed by atoms with E-state index in [1.54, 1.807) is 13.8 Å². The highest BCUT2D eigenvalue weighted by molar-refractivity contribution is 7.89. The van der Waals surface area contributed by atoms with Gasteiger partial charge in [-0.1, -0.05) is 19.9 Å². The minimum absolute atomic E-state index is 0.0219. The fourth-order valence-electron chi connectivity index (χ4n) is 1.84. The highest BCUT2D eigenvalue weighted by Gasteiger charge is 2.23. The third-order valence-corrected chi connectivity index (χ3v) is 4.87. The number of carbonyl (C=O) groups is 1. The summed E-state index contributed by atoms with van der Waals surface area (Å²) >= 11 is 0. The van der Waals surface area contributed by atoms with Crippen molar-refractivity contribution in [3.63, 3.8) is 0 Å². The van der Waals surface area contributed by atoms with Crippen LogP contribution in [-0.4, -0.2) is 36.9 Å². The van der Waals surface area contributed by atoms with Crippen LogP contribution in [0.25, 0.3) is 0 Å². The van der Waals surface area contributed by atoms with E-state index in [0.717, 1.165) is 0 Å². The number of rotatable bonds is 6. The monoisotopic (exact) mass is 285 g/mol. The smallest absolute Gasteiger partial charge is 0.335 e. The summed E-state index contributed by atoms with van der Waals surface area (Å²) in [5.74, 6) is -1.12. The summed E-state index contributed by atoms with van der Waals surface area (Å²) in [6, 6.07) is 4.21. The Kier molecular flexibility index (Phi) is 5.08. The summed E-state index contributed by atoms with van der Waals surface area (Å²) in [4.78, 5) is 11.1. The molecule has 0 aliphatic rings. The standard InChI is InChI=1S/C13H19NO4S/c1-4-8-14(5-2)19(17,18)11-7-6-10(3)12(9-11)13(15)16/h6-7,9H,4-5,8H2,1-3H3,(H,15,16). The molecule has 0 fully saturated rings. The third kappa shape index (κ3) is 3.33. The summed E-state index contributed by atoms with van der Waals surface area (Å²) < 4.78 is 26.1. The van der Waals surface area contributed by atoms with Gasteiger partial charge in [0.25, 0.3) is 0 Å². The number of hydrogen-bond acceptors (Lipinski definition) is 3. The molecule has 0 aromatic heterocycles. The molecule has 0 saturated carbocycles. The molecular weight excluding hydrogens is 266 g/mol. The third-order valence-electron chi connectivity index (χ3n) is 2.90. The molecule has 0 aliphatic heterocycles. The van der Waals surface area contributed by atoms with E-state index in [1.165, 1.54) is 22.5 Å². The fraction of sp³-hybridized carbons (Fsp3) is 0.462. The zero-order chi connectivity index (χ0) is 14.6. The molecule has 1 aromatic carbocycles. The molecule has 0 unspecified atom stereocenters. The zero-order valence-electron chi connectivity index (χ0n) is 11.4. The molecule has 19 heavy (non-hydrogen) atoms. The van der Waals surface area contributed by atoms with Crippen LogP contribution in [0.1, 0.15) is 36.2 Å². The first-order chi connectivity index (χ1) is 8.84. The molecular formula is C13H19NO4S. The van der Waals surface area contributed by atoms with Crippen LogP contribution in [0.2, 0.25) is 0 Å². The molecule has 0 atom stereocenters. The van der Waals surface area contributed by atoms with Gasteiger partial charge in [-0.2, -0.15) is 4.31 Å². The predicted octanol–water partition coefficient (Wildman–Crippen LogP) is 2.11. The Bertz CT molecular complexity index is 566. The normalized spacial score (nSPS) is 11.8. The van der Waals surface area contributed by atoms with Gasteiger partial charge in [-0.25, -0.2) is 13.2 Å². The summed E-state index contributed by atoms with van der Waals surface area (Å²) in [7, 11) is -3.62. The summed E-state index contributed by atoms with van der Waals surface area (Å²) in [5.41, 5.74) is 0.568. The van der Waals surface area contributed by atoms with Gasteiger partial charge < -0.3 is 5.11 Å². The van der Waals surface area contributed by atoms with Gasteiger partial charge in [0.05, 0.1) is 10.5 Å². The second kappa shape index (κ2) is 6.16. The zero-order valence-corrected chi connectivity index (χ0v) is 12.2. The number of sulfonamides is 1. The molecule has 0 amide bonds. The van der Waals surface area contributed by atoms with Gasteiger partial charge in [-0.3, -0.25) is 0 Å². The maximum atomic E-state index is 12.4. The quantitative estimate of drug-likeness (QED) is 0.868. The second-order valence-electron chi connectivity index (χ2n) is 4.28. The average molecular weight is 285 g/mol. The Balaban J connectivity index is 3.29. The summed E-state index contributed by atoms with van der Waals surface area (Å²) in [5, 5.41) is 9.05. The molecule has 0 radical (unpaired) electrons. The molecule has 1 rings (SSSR count). The average Bonchev–Trinajstić information content (AvgIpc) is 2.35. The number of carboxylic acid groups (broad SMARTS) is 1. The Hall–Kier alpha value is -1.40. The van der Waals surface area contributed by atoms with Crippen LogP contribution in [0, 0.1) is 6.92 Å². The minimum atomic E-state index is -3.62. The number of benzene rings is 1. The van der Waals surface area contributed by atoms with Gasteiger partial charge in [-0.05, 0) is 31.0 Å². The molecule has 0 bridgehead atoms. The first-order valence-corrected chi connectivity index (χ1v) is 7.62. The second-order valence-corrected chi connectivity index (χ2v) is 6.22. The van der Waals surface area contributed by atoms with Gasteiger partial charge in [-0.15, -0.1) is 0 Å². The van der Waals surface area contributed by atoms with Gasteiger partial charge >= 0.3 is 5.97 Å². The molecule has 0 saturated heterocycles. The van der Waals surface area contributed by atoms with E-state index >= 15 is 0 Å². The van der Waals surface area contributed by atoms with Crippen molar-refractivity contribution >= 4 is 16.0 Å². The lowest BCUT2D eigenvalue weighted by Crippen LogP contribution is -2.31. The van der Waals surface area contributed by atoms with E-state index in [-0.39, 0.29) is 10.5 Å². The van der Waals surface area contributed by atoms with Gasteiger partial charge in [0.2, 0.25) is 10.0 Å². The van der Waals surface area contributed by atoms with Crippen molar-refractivity contribution in [1.82, 2.24) is 4.31 Å². The van der Waals surface area contributed by atoms with Crippen LogP contribution in [0.15, 0.2) is 23.1 Å². The fourth-order valence-corrected chi connectivity index (χ4v) is 3.41. The van der Waals surface area contributed by atoms with E-state index in [1.807, 2.05) is 6.92 Å². The summed E-state index contributed by atoms with van der Waals surface area (Å²) in [6.45, 7) is 6.10. The van der Waals surface area contributed by atoms with Crippen LogP contribution in [-0.2, 0) is 10.0 Å². The number of hydrogen-bond donors (Lipinski definition) is 1.